The first kappa shape index (κ1) is 13.7. The third-order valence-electron chi connectivity index (χ3n) is 3.26. The van der Waals surface area contributed by atoms with Crippen molar-refractivity contribution < 1.29 is 19.0 Å². The van der Waals surface area contributed by atoms with Gasteiger partial charge in [-0.15, -0.1) is 0 Å². The number of hydrogen-bond donors (Lipinski definition) is 1. The molecule has 2 rings (SSSR count). The van der Waals surface area contributed by atoms with Crippen LogP contribution in [0.5, 0.6) is 11.5 Å². The Hall–Kier alpha value is -1.75. The number of hydrogen-bond acceptors (Lipinski definition) is 4. The minimum Gasteiger partial charge on any atom is -0.496 e. The molecule has 1 N–H and O–H groups in total. The molecule has 1 atom stereocenters. The zero-order valence-electron chi connectivity index (χ0n) is 11.5. The van der Waals surface area contributed by atoms with Crippen molar-refractivity contribution in [3.05, 3.63) is 17.7 Å². The number of carbonyl (C=O) groups is 1. The summed E-state index contributed by atoms with van der Waals surface area (Å²) in [6.07, 6.45) is 1.34. The average molecular weight is 265 g/mol. The number of carbonyl (C=O) groups excluding carboxylic acids is 1. The van der Waals surface area contributed by atoms with E-state index >= 15 is 0 Å². The highest BCUT2D eigenvalue weighted by Gasteiger charge is 2.24. The molecule has 1 aromatic rings. The van der Waals surface area contributed by atoms with Gasteiger partial charge in [0.25, 0.3) is 5.91 Å². The van der Waals surface area contributed by atoms with Crippen molar-refractivity contribution in [3.63, 3.8) is 0 Å². The summed E-state index contributed by atoms with van der Waals surface area (Å²) in [5.74, 6) is 1.22. The maximum Gasteiger partial charge on any atom is 0.253 e. The zero-order valence-corrected chi connectivity index (χ0v) is 11.5. The topological polar surface area (TPSA) is 56.8 Å². The smallest absolute Gasteiger partial charge is 0.253 e. The van der Waals surface area contributed by atoms with E-state index < -0.39 is 0 Å². The predicted molar refractivity (Wildman–Crippen MR) is 71.9 cm³/mol. The highest BCUT2D eigenvalue weighted by atomic mass is 16.5. The second-order valence-electron chi connectivity index (χ2n) is 4.46. The molecule has 0 saturated carbocycles. The van der Waals surface area contributed by atoms with Gasteiger partial charge in [-0.25, -0.2) is 0 Å². The van der Waals surface area contributed by atoms with Crippen molar-refractivity contribution in [2.45, 2.75) is 25.9 Å². The fourth-order valence-electron chi connectivity index (χ4n) is 2.25. The Morgan fingerprint density at radius 2 is 2.16 bits per heavy atom. The van der Waals surface area contributed by atoms with Crippen LogP contribution in [0.15, 0.2) is 12.1 Å². The molecule has 1 unspecified atom stereocenters. The summed E-state index contributed by atoms with van der Waals surface area (Å²) in [6, 6.07) is 3.58. The van der Waals surface area contributed by atoms with E-state index in [0.717, 1.165) is 24.2 Å². The van der Waals surface area contributed by atoms with E-state index in [0.29, 0.717) is 18.0 Å². The quantitative estimate of drug-likeness (QED) is 0.906. The van der Waals surface area contributed by atoms with Gasteiger partial charge in [0.15, 0.2) is 0 Å². The Bertz CT molecular complexity index is 467. The average Bonchev–Trinajstić information content (AvgIpc) is 2.93. The SMILES string of the molecule is COc1ccc(NC(=O)C2CCCO2)c(OC)c1C. The molecule has 0 spiro atoms. The van der Waals surface area contributed by atoms with E-state index in [2.05, 4.69) is 5.32 Å². The minimum atomic E-state index is -0.355. The first-order chi connectivity index (χ1) is 9.17. The third-order valence-corrected chi connectivity index (χ3v) is 3.26. The van der Waals surface area contributed by atoms with Crippen molar-refractivity contribution >= 4 is 11.6 Å². The molecular formula is C14H19NO4. The maximum atomic E-state index is 12.0. The van der Waals surface area contributed by atoms with Gasteiger partial charge in [0.1, 0.15) is 17.6 Å². The van der Waals surface area contributed by atoms with Gasteiger partial charge in [0.05, 0.1) is 19.9 Å². The van der Waals surface area contributed by atoms with E-state index in [1.54, 1.807) is 20.3 Å². The molecule has 1 amide bonds. The summed E-state index contributed by atoms with van der Waals surface area (Å²) in [7, 11) is 3.18. The van der Waals surface area contributed by atoms with Crippen molar-refractivity contribution in [2.75, 3.05) is 26.1 Å². The highest BCUT2D eigenvalue weighted by molar-refractivity contribution is 5.96. The fraction of sp³-hybridized carbons (Fsp3) is 0.500. The highest BCUT2D eigenvalue weighted by Crippen LogP contribution is 2.35. The van der Waals surface area contributed by atoms with E-state index in [-0.39, 0.29) is 12.0 Å². The number of methoxy groups -OCH3 is 2. The van der Waals surface area contributed by atoms with E-state index in [1.807, 2.05) is 13.0 Å². The number of anilines is 1. The van der Waals surface area contributed by atoms with Gasteiger partial charge >= 0.3 is 0 Å². The van der Waals surface area contributed by atoms with Gasteiger partial charge in [0, 0.05) is 12.2 Å². The van der Waals surface area contributed by atoms with Gasteiger partial charge in [0.2, 0.25) is 0 Å². The minimum absolute atomic E-state index is 0.125. The van der Waals surface area contributed by atoms with Crippen LogP contribution < -0.4 is 14.8 Å². The number of nitrogens with one attached hydrogen (secondary N) is 1. The Morgan fingerprint density at radius 1 is 1.37 bits per heavy atom. The van der Waals surface area contributed by atoms with Crippen LogP contribution in [0.3, 0.4) is 0 Å². The molecule has 0 radical (unpaired) electrons. The van der Waals surface area contributed by atoms with Crippen LogP contribution in [-0.2, 0) is 9.53 Å². The van der Waals surface area contributed by atoms with Gasteiger partial charge in [-0.3, -0.25) is 4.79 Å². The monoisotopic (exact) mass is 265 g/mol. The second kappa shape index (κ2) is 5.93. The summed E-state index contributed by atoms with van der Waals surface area (Å²) >= 11 is 0. The lowest BCUT2D eigenvalue weighted by Crippen LogP contribution is -2.27. The Balaban J connectivity index is 2.19. The molecule has 0 aliphatic carbocycles. The molecule has 0 bridgehead atoms. The van der Waals surface area contributed by atoms with Gasteiger partial charge in [-0.1, -0.05) is 0 Å². The molecule has 5 nitrogen and oxygen atoms in total. The lowest BCUT2D eigenvalue weighted by atomic mass is 10.1. The Morgan fingerprint density at radius 3 is 2.74 bits per heavy atom. The molecule has 104 valence electrons. The Kier molecular flexibility index (Phi) is 4.27. The summed E-state index contributed by atoms with van der Waals surface area (Å²) in [6.45, 7) is 2.54. The van der Waals surface area contributed by atoms with Gasteiger partial charge in [-0.2, -0.15) is 0 Å². The Labute approximate surface area is 112 Å². The first-order valence-corrected chi connectivity index (χ1v) is 6.31. The summed E-state index contributed by atoms with van der Waals surface area (Å²) in [5, 5.41) is 2.85. The first-order valence-electron chi connectivity index (χ1n) is 6.31. The van der Waals surface area contributed by atoms with Crippen molar-refractivity contribution in [2.24, 2.45) is 0 Å². The van der Waals surface area contributed by atoms with Gasteiger partial charge < -0.3 is 19.5 Å². The molecule has 1 aliphatic rings. The molecule has 19 heavy (non-hydrogen) atoms. The molecule has 1 saturated heterocycles. The molecule has 1 aliphatic heterocycles. The zero-order chi connectivity index (χ0) is 13.8. The summed E-state index contributed by atoms with van der Waals surface area (Å²) in [5.41, 5.74) is 1.50. The van der Waals surface area contributed by atoms with Crippen LogP contribution in [0.25, 0.3) is 0 Å². The van der Waals surface area contributed by atoms with Crippen molar-refractivity contribution in [1.82, 2.24) is 0 Å². The lowest BCUT2D eigenvalue weighted by molar-refractivity contribution is -0.124. The number of benzene rings is 1. The molecule has 5 heteroatoms. The van der Waals surface area contributed by atoms with Crippen LogP contribution >= 0.6 is 0 Å². The van der Waals surface area contributed by atoms with Gasteiger partial charge in [-0.05, 0) is 31.9 Å². The normalized spacial score (nSPS) is 18.2. The standard InChI is InChI=1S/C14H19NO4/c1-9-11(17-2)7-6-10(13(9)18-3)15-14(16)12-5-4-8-19-12/h6-7,12H,4-5,8H2,1-3H3,(H,15,16). The molecule has 0 aromatic heterocycles. The maximum absolute atomic E-state index is 12.0. The molecule has 1 aromatic carbocycles. The van der Waals surface area contributed by atoms with Crippen LogP contribution in [0.4, 0.5) is 5.69 Å². The third kappa shape index (κ3) is 2.81. The van der Waals surface area contributed by atoms with E-state index in [4.69, 9.17) is 14.2 Å². The van der Waals surface area contributed by atoms with Crippen LogP contribution in [0, 0.1) is 6.92 Å². The summed E-state index contributed by atoms with van der Waals surface area (Å²) in [4.78, 5) is 12.0. The van der Waals surface area contributed by atoms with Crippen LogP contribution in [0.1, 0.15) is 18.4 Å². The molecule has 1 heterocycles. The van der Waals surface area contributed by atoms with Crippen molar-refractivity contribution in [3.8, 4) is 11.5 Å². The molecule has 1 fully saturated rings. The summed E-state index contributed by atoms with van der Waals surface area (Å²) < 4.78 is 15.9. The molecular weight excluding hydrogens is 246 g/mol. The second-order valence-corrected chi connectivity index (χ2v) is 4.46. The predicted octanol–water partition coefficient (Wildman–Crippen LogP) is 2.13. The number of rotatable bonds is 4. The number of amides is 1. The van der Waals surface area contributed by atoms with Crippen LogP contribution in [0.2, 0.25) is 0 Å². The largest absolute Gasteiger partial charge is 0.496 e. The van der Waals surface area contributed by atoms with Crippen molar-refractivity contribution in [1.29, 1.82) is 0 Å². The van der Waals surface area contributed by atoms with Crippen LogP contribution in [-0.4, -0.2) is 32.8 Å². The van der Waals surface area contributed by atoms with E-state index in [9.17, 15) is 4.79 Å². The van der Waals surface area contributed by atoms with E-state index in [1.165, 1.54) is 0 Å². The lowest BCUT2D eigenvalue weighted by Gasteiger charge is -2.16. The fourth-order valence-corrected chi connectivity index (χ4v) is 2.25. The number of ether oxygens (including phenoxy) is 3.